The highest BCUT2D eigenvalue weighted by molar-refractivity contribution is 5.92. The molecule has 0 spiro atoms. The summed E-state index contributed by atoms with van der Waals surface area (Å²) in [6, 6.07) is 8.33. The predicted octanol–water partition coefficient (Wildman–Crippen LogP) is 3.22. The molecule has 7 heteroatoms. The number of hydrogen-bond donors (Lipinski definition) is 1. The van der Waals surface area contributed by atoms with E-state index in [9.17, 15) is 4.79 Å². The number of nitrogens with zero attached hydrogens (tertiary/aromatic N) is 3. The topological polar surface area (TPSA) is 78.3 Å². The van der Waals surface area contributed by atoms with Gasteiger partial charge in [0, 0.05) is 13.2 Å². The first-order valence-corrected chi connectivity index (χ1v) is 9.98. The summed E-state index contributed by atoms with van der Waals surface area (Å²) < 4.78 is 12.6. The molecular weight excluding hydrogens is 356 g/mol. The van der Waals surface area contributed by atoms with Gasteiger partial charge in [0.1, 0.15) is 0 Å². The van der Waals surface area contributed by atoms with Crippen LogP contribution in [0.3, 0.4) is 0 Å². The van der Waals surface area contributed by atoms with Crippen molar-refractivity contribution in [3.63, 3.8) is 0 Å². The van der Waals surface area contributed by atoms with Crippen LogP contribution in [0.1, 0.15) is 68.2 Å². The van der Waals surface area contributed by atoms with Crippen LogP contribution in [0.15, 0.2) is 30.5 Å². The Balaban J connectivity index is 1.68. The molecule has 7 nitrogen and oxygen atoms in total. The first kappa shape index (κ1) is 20.5. The molecule has 28 heavy (non-hydrogen) atoms. The Kier molecular flexibility index (Phi) is 6.46. The second kappa shape index (κ2) is 8.84. The summed E-state index contributed by atoms with van der Waals surface area (Å²) in [5.41, 5.74) is 2.90. The van der Waals surface area contributed by atoms with Gasteiger partial charge in [0.25, 0.3) is 5.91 Å². The van der Waals surface area contributed by atoms with Crippen molar-refractivity contribution >= 4 is 5.91 Å². The second-order valence-corrected chi connectivity index (χ2v) is 7.70. The summed E-state index contributed by atoms with van der Waals surface area (Å²) in [6.45, 7) is 9.81. The standard InChI is InChI=1S/C21H30N4O3/c1-5-27-19(28-6-2)14-25-13-18(23-24-25)20(26)22-17-11-12-21(3,4)16-10-8-7-9-15(16)17/h7-10,13,17,19H,5-6,11-12,14H2,1-4H3,(H,22,26). The summed E-state index contributed by atoms with van der Waals surface area (Å²) in [5, 5.41) is 11.2. The lowest BCUT2D eigenvalue weighted by Crippen LogP contribution is -2.35. The molecule has 1 atom stereocenters. The number of rotatable bonds is 8. The maximum absolute atomic E-state index is 12.7. The number of aromatic nitrogens is 3. The van der Waals surface area contributed by atoms with Gasteiger partial charge in [-0.25, -0.2) is 4.68 Å². The Morgan fingerprint density at radius 3 is 2.71 bits per heavy atom. The van der Waals surface area contributed by atoms with Gasteiger partial charge in [-0.2, -0.15) is 0 Å². The molecule has 152 valence electrons. The van der Waals surface area contributed by atoms with Gasteiger partial charge < -0.3 is 14.8 Å². The molecule has 1 aromatic carbocycles. The third kappa shape index (κ3) is 4.59. The first-order valence-electron chi connectivity index (χ1n) is 9.98. The largest absolute Gasteiger partial charge is 0.351 e. The Morgan fingerprint density at radius 2 is 2.00 bits per heavy atom. The van der Waals surface area contributed by atoms with Crippen LogP contribution >= 0.6 is 0 Å². The summed E-state index contributed by atoms with van der Waals surface area (Å²) >= 11 is 0. The molecule has 1 aliphatic rings. The minimum atomic E-state index is -0.403. The molecule has 3 rings (SSSR count). The lowest BCUT2D eigenvalue weighted by Gasteiger charge is -2.37. The minimum absolute atomic E-state index is 0.0125. The number of fused-ring (bicyclic) bond motifs is 1. The molecule has 1 N–H and O–H groups in total. The zero-order valence-electron chi connectivity index (χ0n) is 17.1. The molecule has 0 aliphatic heterocycles. The third-order valence-electron chi connectivity index (χ3n) is 5.24. The van der Waals surface area contributed by atoms with Gasteiger partial charge in [-0.3, -0.25) is 4.79 Å². The Morgan fingerprint density at radius 1 is 1.29 bits per heavy atom. The Bertz CT molecular complexity index is 796. The Labute approximate surface area is 166 Å². The molecule has 0 saturated carbocycles. The molecular formula is C21H30N4O3. The van der Waals surface area contributed by atoms with Crippen molar-refractivity contribution in [2.75, 3.05) is 13.2 Å². The van der Waals surface area contributed by atoms with E-state index in [1.165, 1.54) is 11.1 Å². The number of carbonyl (C=O) groups excluding carboxylic acids is 1. The van der Waals surface area contributed by atoms with Gasteiger partial charge in [-0.1, -0.05) is 43.3 Å². The molecule has 1 amide bonds. The maximum atomic E-state index is 12.7. The van der Waals surface area contributed by atoms with E-state index in [1.54, 1.807) is 10.9 Å². The number of carbonyl (C=O) groups is 1. The van der Waals surface area contributed by atoms with E-state index in [0.717, 1.165) is 12.8 Å². The molecule has 0 bridgehead atoms. The van der Waals surface area contributed by atoms with Gasteiger partial charge in [0.15, 0.2) is 12.0 Å². The van der Waals surface area contributed by atoms with Crippen LogP contribution in [0, 0.1) is 0 Å². The minimum Gasteiger partial charge on any atom is -0.351 e. The van der Waals surface area contributed by atoms with E-state index in [0.29, 0.717) is 25.5 Å². The van der Waals surface area contributed by atoms with Crippen molar-refractivity contribution in [3.05, 3.63) is 47.3 Å². The number of ether oxygens (including phenoxy) is 2. The molecule has 0 saturated heterocycles. The molecule has 1 aromatic heterocycles. The van der Waals surface area contributed by atoms with Gasteiger partial charge in [0.05, 0.1) is 18.8 Å². The van der Waals surface area contributed by atoms with Gasteiger partial charge in [-0.05, 0) is 43.2 Å². The summed E-state index contributed by atoms with van der Waals surface area (Å²) in [4.78, 5) is 12.7. The monoisotopic (exact) mass is 386 g/mol. The summed E-state index contributed by atoms with van der Waals surface area (Å²) in [7, 11) is 0. The van der Waals surface area contributed by atoms with E-state index < -0.39 is 6.29 Å². The van der Waals surface area contributed by atoms with Gasteiger partial charge in [0.2, 0.25) is 0 Å². The van der Waals surface area contributed by atoms with Crippen molar-refractivity contribution in [3.8, 4) is 0 Å². The fourth-order valence-corrected chi connectivity index (χ4v) is 3.76. The third-order valence-corrected chi connectivity index (χ3v) is 5.24. The molecule has 0 radical (unpaired) electrons. The lowest BCUT2D eigenvalue weighted by molar-refractivity contribution is -0.145. The smallest absolute Gasteiger partial charge is 0.273 e. The van der Waals surface area contributed by atoms with Crippen molar-refractivity contribution in [1.82, 2.24) is 20.3 Å². The highest BCUT2D eigenvalue weighted by atomic mass is 16.7. The van der Waals surface area contributed by atoms with E-state index >= 15 is 0 Å². The van der Waals surface area contributed by atoms with Crippen molar-refractivity contribution in [2.45, 2.75) is 64.8 Å². The summed E-state index contributed by atoms with van der Waals surface area (Å²) in [5.74, 6) is -0.213. The normalized spacial score (nSPS) is 18.1. The highest BCUT2D eigenvalue weighted by Crippen LogP contribution is 2.41. The zero-order valence-corrected chi connectivity index (χ0v) is 17.1. The average molecular weight is 386 g/mol. The molecule has 1 aliphatic carbocycles. The quantitative estimate of drug-likeness (QED) is 0.705. The van der Waals surface area contributed by atoms with Gasteiger partial charge >= 0.3 is 0 Å². The number of hydrogen-bond acceptors (Lipinski definition) is 5. The second-order valence-electron chi connectivity index (χ2n) is 7.70. The molecule has 1 unspecified atom stereocenters. The lowest BCUT2D eigenvalue weighted by atomic mass is 9.71. The van der Waals surface area contributed by atoms with E-state index in [2.05, 4.69) is 47.7 Å². The highest BCUT2D eigenvalue weighted by Gasteiger charge is 2.33. The average Bonchev–Trinajstić information content (AvgIpc) is 3.13. The van der Waals surface area contributed by atoms with Crippen LogP contribution in [-0.4, -0.2) is 40.4 Å². The Hall–Kier alpha value is -2.25. The fraction of sp³-hybridized carbons (Fsp3) is 0.571. The van der Waals surface area contributed by atoms with E-state index in [1.807, 2.05) is 19.9 Å². The van der Waals surface area contributed by atoms with Crippen LogP contribution in [-0.2, 0) is 21.4 Å². The molecule has 1 heterocycles. The predicted molar refractivity (Wildman–Crippen MR) is 106 cm³/mol. The van der Waals surface area contributed by atoms with Gasteiger partial charge in [-0.15, -0.1) is 5.10 Å². The maximum Gasteiger partial charge on any atom is 0.273 e. The number of nitrogens with one attached hydrogen (secondary N) is 1. The van der Waals surface area contributed by atoms with Crippen molar-refractivity contribution < 1.29 is 14.3 Å². The first-order chi connectivity index (χ1) is 13.4. The van der Waals surface area contributed by atoms with Crippen LogP contribution in [0.25, 0.3) is 0 Å². The fourth-order valence-electron chi connectivity index (χ4n) is 3.76. The van der Waals surface area contributed by atoms with Crippen molar-refractivity contribution in [1.29, 1.82) is 0 Å². The summed E-state index contributed by atoms with van der Waals surface area (Å²) in [6.07, 6.45) is 3.16. The van der Waals surface area contributed by atoms with E-state index in [4.69, 9.17) is 9.47 Å². The van der Waals surface area contributed by atoms with Crippen LogP contribution < -0.4 is 5.32 Å². The van der Waals surface area contributed by atoms with Crippen molar-refractivity contribution in [2.24, 2.45) is 0 Å². The number of amides is 1. The SMILES string of the molecule is CCOC(Cn1cc(C(=O)NC2CCC(C)(C)c3ccccc32)nn1)OCC. The molecule has 0 fully saturated rings. The van der Waals surface area contributed by atoms with Crippen LogP contribution in [0.2, 0.25) is 0 Å². The number of benzene rings is 1. The van der Waals surface area contributed by atoms with Crippen LogP contribution in [0.5, 0.6) is 0 Å². The zero-order chi connectivity index (χ0) is 20.1. The van der Waals surface area contributed by atoms with E-state index in [-0.39, 0.29) is 17.4 Å². The molecule has 2 aromatic rings. The van der Waals surface area contributed by atoms with Crippen LogP contribution in [0.4, 0.5) is 0 Å².